The van der Waals surface area contributed by atoms with Crippen LogP contribution < -0.4 is 5.73 Å². The molecule has 0 bridgehead atoms. The first-order valence-corrected chi connectivity index (χ1v) is 8.60. The Morgan fingerprint density at radius 2 is 2.15 bits per heavy atom. The quantitative estimate of drug-likeness (QED) is 0.676. The number of hydrogen-bond donors (Lipinski definition) is 1. The maximum absolute atomic E-state index is 6.04. The minimum absolute atomic E-state index is 0.822. The molecule has 0 unspecified atom stereocenters. The molecule has 20 heavy (non-hydrogen) atoms. The summed E-state index contributed by atoms with van der Waals surface area (Å²) >= 11 is 5.15. The van der Waals surface area contributed by atoms with Crippen molar-refractivity contribution in [2.24, 2.45) is 0 Å². The van der Waals surface area contributed by atoms with Crippen LogP contribution in [0.1, 0.15) is 30.7 Å². The molecule has 1 aliphatic heterocycles. The highest BCUT2D eigenvalue weighted by Gasteiger charge is 2.15. The lowest BCUT2D eigenvalue weighted by Crippen LogP contribution is -2.02. The Balaban J connectivity index is 1.74. The van der Waals surface area contributed by atoms with E-state index in [1.807, 2.05) is 12.1 Å². The zero-order valence-corrected chi connectivity index (χ0v) is 13.6. The molecule has 2 N–H and O–H groups in total. The number of rotatable bonds is 3. The van der Waals surface area contributed by atoms with Crippen LogP contribution in [0.3, 0.4) is 0 Å². The average Bonchev–Trinajstić information content (AvgIpc) is 2.66. The number of fused-ring (bicyclic) bond motifs is 1. The van der Waals surface area contributed by atoms with Crippen molar-refractivity contribution in [3.05, 3.63) is 34.1 Å². The molecule has 0 fully saturated rings. The van der Waals surface area contributed by atoms with E-state index in [1.54, 1.807) is 11.8 Å². The molecule has 106 valence electrons. The van der Waals surface area contributed by atoms with E-state index in [0.717, 1.165) is 45.4 Å². The summed E-state index contributed by atoms with van der Waals surface area (Å²) in [6, 6.07) is 6.03. The second kappa shape index (κ2) is 6.18. The van der Waals surface area contributed by atoms with Gasteiger partial charge >= 0.3 is 0 Å². The first-order chi connectivity index (χ1) is 9.74. The van der Waals surface area contributed by atoms with Crippen molar-refractivity contribution in [3.8, 4) is 0 Å². The van der Waals surface area contributed by atoms with Gasteiger partial charge in [-0.25, -0.2) is 0 Å². The molecular formula is C14H17BrN4S. The Hall–Kier alpha value is -1.01. The van der Waals surface area contributed by atoms with Crippen LogP contribution in [0.4, 0.5) is 5.69 Å². The third-order valence-electron chi connectivity index (χ3n) is 3.54. The molecule has 2 heterocycles. The van der Waals surface area contributed by atoms with Gasteiger partial charge in [-0.2, -0.15) is 0 Å². The number of benzene rings is 1. The Labute approximate surface area is 131 Å². The lowest BCUT2D eigenvalue weighted by atomic mass is 10.2. The predicted molar refractivity (Wildman–Crippen MR) is 85.7 cm³/mol. The van der Waals surface area contributed by atoms with Gasteiger partial charge in [-0.1, -0.05) is 40.2 Å². The molecular weight excluding hydrogens is 336 g/mol. The first kappa shape index (κ1) is 13.9. The fourth-order valence-corrected chi connectivity index (χ4v) is 3.78. The molecule has 0 atom stereocenters. The lowest BCUT2D eigenvalue weighted by Gasteiger charge is -2.08. The fourth-order valence-electron chi connectivity index (χ4n) is 2.40. The summed E-state index contributed by atoms with van der Waals surface area (Å²) in [6.07, 6.45) is 4.78. The van der Waals surface area contributed by atoms with Crippen molar-refractivity contribution < 1.29 is 0 Å². The van der Waals surface area contributed by atoms with Crippen LogP contribution >= 0.6 is 27.7 Å². The second-order valence-corrected chi connectivity index (χ2v) is 6.85. The molecule has 1 aliphatic rings. The van der Waals surface area contributed by atoms with Crippen molar-refractivity contribution in [1.29, 1.82) is 0 Å². The van der Waals surface area contributed by atoms with Crippen molar-refractivity contribution >= 4 is 33.4 Å². The summed E-state index contributed by atoms with van der Waals surface area (Å²) in [4.78, 5) is 0. The number of aromatic nitrogens is 3. The molecule has 0 spiro atoms. The van der Waals surface area contributed by atoms with E-state index < -0.39 is 0 Å². The standard InChI is InChI=1S/C14H17BrN4S/c15-11-6-5-10(12(16)8-11)9-20-14-18-17-13-4-2-1-3-7-19(13)14/h5-6,8H,1-4,7,9,16H2. The monoisotopic (exact) mass is 352 g/mol. The zero-order valence-electron chi connectivity index (χ0n) is 11.2. The van der Waals surface area contributed by atoms with E-state index in [0.29, 0.717) is 0 Å². The van der Waals surface area contributed by atoms with E-state index in [-0.39, 0.29) is 0 Å². The normalized spacial score (nSPS) is 14.8. The minimum Gasteiger partial charge on any atom is -0.398 e. The minimum atomic E-state index is 0.822. The number of nitrogens with zero attached hydrogens (tertiary/aromatic N) is 3. The highest BCUT2D eigenvalue weighted by molar-refractivity contribution is 9.10. The Morgan fingerprint density at radius 1 is 1.25 bits per heavy atom. The smallest absolute Gasteiger partial charge is 0.191 e. The molecule has 0 saturated carbocycles. The van der Waals surface area contributed by atoms with Gasteiger partial charge in [0, 0.05) is 28.9 Å². The molecule has 0 aliphatic carbocycles. The van der Waals surface area contributed by atoms with Gasteiger partial charge in [0.1, 0.15) is 5.82 Å². The van der Waals surface area contributed by atoms with Crippen molar-refractivity contribution in [3.63, 3.8) is 0 Å². The molecule has 3 rings (SSSR count). The van der Waals surface area contributed by atoms with E-state index in [4.69, 9.17) is 5.73 Å². The molecule has 6 heteroatoms. The van der Waals surface area contributed by atoms with Crippen molar-refractivity contribution in [1.82, 2.24) is 14.8 Å². The van der Waals surface area contributed by atoms with Crippen LogP contribution in [0.2, 0.25) is 0 Å². The first-order valence-electron chi connectivity index (χ1n) is 6.83. The van der Waals surface area contributed by atoms with Gasteiger partial charge in [-0.3, -0.25) is 0 Å². The van der Waals surface area contributed by atoms with Gasteiger partial charge in [0.05, 0.1) is 0 Å². The van der Waals surface area contributed by atoms with Crippen LogP contribution in [-0.2, 0) is 18.7 Å². The summed E-state index contributed by atoms with van der Waals surface area (Å²) in [5.74, 6) is 1.96. The van der Waals surface area contributed by atoms with E-state index in [1.165, 1.54) is 19.3 Å². The van der Waals surface area contributed by atoms with E-state index in [9.17, 15) is 0 Å². The summed E-state index contributed by atoms with van der Waals surface area (Å²) in [5, 5.41) is 9.66. The largest absolute Gasteiger partial charge is 0.398 e. The maximum Gasteiger partial charge on any atom is 0.191 e. The number of thioether (sulfide) groups is 1. The Morgan fingerprint density at radius 3 is 3.00 bits per heavy atom. The lowest BCUT2D eigenvalue weighted by molar-refractivity contribution is 0.591. The summed E-state index contributed by atoms with van der Waals surface area (Å²) in [7, 11) is 0. The van der Waals surface area contributed by atoms with Gasteiger partial charge in [0.2, 0.25) is 0 Å². The van der Waals surface area contributed by atoms with Gasteiger partial charge in [0.15, 0.2) is 5.16 Å². The molecule has 0 radical (unpaired) electrons. The molecule has 0 amide bonds. The number of anilines is 1. The average molecular weight is 353 g/mol. The Bertz CT molecular complexity index is 611. The summed E-state index contributed by atoms with van der Waals surface area (Å²) in [5.41, 5.74) is 8.00. The molecule has 1 aromatic carbocycles. The van der Waals surface area contributed by atoms with Gasteiger partial charge in [-0.15, -0.1) is 10.2 Å². The number of nitrogen functional groups attached to an aromatic ring is 1. The van der Waals surface area contributed by atoms with Crippen LogP contribution in [-0.4, -0.2) is 14.8 Å². The van der Waals surface area contributed by atoms with E-state index in [2.05, 4.69) is 36.8 Å². The number of hydrogen-bond acceptors (Lipinski definition) is 4. The maximum atomic E-state index is 6.04. The molecule has 0 saturated heterocycles. The highest BCUT2D eigenvalue weighted by Crippen LogP contribution is 2.28. The van der Waals surface area contributed by atoms with Crippen LogP contribution in [0.5, 0.6) is 0 Å². The zero-order chi connectivity index (χ0) is 13.9. The topological polar surface area (TPSA) is 56.7 Å². The number of aryl methyl sites for hydroxylation is 1. The number of halogens is 1. The van der Waals surface area contributed by atoms with Crippen molar-refractivity contribution in [2.75, 3.05) is 5.73 Å². The van der Waals surface area contributed by atoms with E-state index >= 15 is 0 Å². The Kier molecular flexibility index (Phi) is 4.31. The van der Waals surface area contributed by atoms with Crippen LogP contribution in [0.25, 0.3) is 0 Å². The van der Waals surface area contributed by atoms with Crippen LogP contribution in [0, 0.1) is 0 Å². The SMILES string of the molecule is Nc1cc(Br)ccc1CSc1nnc2n1CCCCC2. The second-order valence-electron chi connectivity index (χ2n) is 4.99. The highest BCUT2D eigenvalue weighted by atomic mass is 79.9. The van der Waals surface area contributed by atoms with Crippen molar-refractivity contribution in [2.45, 2.75) is 43.1 Å². The summed E-state index contributed by atoms with van der Waals surface area (Å²) < 4.78 is 3.28. The van der Waals surface area contributed by atoms with Gasteiger partial charge in [-0.05, 0) is 30.5 Å². The third-order valence-corrected chi connectivity index (χ3v) is 5.05. The summed E-state index contributed by atoms with van der Waals surface area (Å²) in [6.45, 7) is 1.04. The fraction of sp³-hybridized carbons (Fsp3) is 0.429. The molecule has 1 aromatic heterocycles. The van der Waals surface area contributed by atoms with Gasteiger partial charge in [0.25, 0.3) is 0 Å². The van der Waals surface area contributed by atoms with Crippen LogP contribution in [0.15, 0.2) is 27.8 Å². The molecule has 4 nitrogen and oxygen atoms in total. The predicted octanol–water partition coefficient (Wildman–Crippen LogP) is 3.64. The van der Waals surface area contributed by atoms with Gasteiger partial charge < -0.3 is 10.3 Å². The third kappa shape index (κ3) is 3.01. The number of nitrogens with two attached hydrogens (primary N) is 1. The molecule has 2 aromatic rings.